The van der Waals surface area contributed by atoms with Gasteiger partial charge in [-0.05, 0) is 38.7 Å². The van der Waals surface area contributed by atoms with E-state index in [1.54, 1.807) is 6.07 Å². The fraction of sp³-hybridized carbons (Fsp3) is 0.625. The largest absolute Gasteiger partial charge is 0.370 e. The molecule has 112 valence electrons. The Kier molecular flexibility index (Phi) is 5.38. The average Bonchev–Trinajstić information content (AvgIpc) is 2.92. The van der Waals surface area contributed by atoms with Crippen molar-refractivity contribution in [2.45, 2.75) is 32.9 Å². The summed E-state index contributed by atoms with van der Waals surface area (Å²) in [5, 5.41) is 3.07. The minimum atomic E-state index is -0.108. The Morgan fingerprint density at radius 1 is 1.35 bits per heavy atom. The standard InChI is InChI=1S/C16H26FN3/c1-4-19(5-2)13-9-10-20(12-13)16-8-6-7-15(17)14(16)11-18-3/h6-8,13,18H,4-5,9-12H2,1-3H3. The normalized spacial score (nSPS) is 19.1. The number of hydrogen-bond donors (Lipinski definition) is 1. The summed E-state index contributed by atoms with van der Waals surface area (Å²) in [7, 11) is 1.86. The van der Waals surface area contributed by atoms with Crippen LogP contribution >= 0.6 is 0 Å². The van der Waals surface area contributed by atoms with Crippen LogP contribution in [0.3, 0.4) is 0 Å². The van der Waals surface area contributed by atoms with E-state index >= 15 is 0 Å². The molecular weight excluding hydrogens is 253 g/mol. The molecule has 20 heavy (non-hydrogen) atoms. The van der Waals surface area contributed by atoms with Gasteiger partial charge in [0.2, 0.25) is 0 Å². The average molecular weight is 279 g/mol. The van der Waals surface area contributed by atoms with Crippen LogP contribution in [0, 0.1) is 5.82 Å². The number of benzene rings is 1. The van der Waals surface area contributed by atoms with Gasteiger partial charge in [0.05, 0.1) is 0 Å². The Hall–Kier alpha value is -1.13. The molecule has 3 nitrogen and oxygen atoms in total. The maximum absolute atomic E-state index is 14.0. The molecule has 1 fully saturated rings. The molecule has 1 aliphatic rings. The molecule has 1 N–H and O–H groups in total. The molecule has 1 aromatic carbocycles. The highest BCUT2D eigenvalue weighted by Gasteiger charge is 2.27. The van der Waals surface area contributed by atoms with Gasteiger partial charge in [0, 0.05) is 36.9 Å². The van der Waals surface area contributed by atoms with Crippen LogP contribution in [0.2, 0.25) is 0 Å². The Labute approximate surface area is 121 Å². The zero-order valence-corrected chi connectivity index (χ0v) is 12.8. The van der Waals surface area contributed by atoms with Gasteiger partial charge in [0.15, 0.2) is 0 Å². The molecule has 1 aromatic rings. The van der Waals surface area contributed by atoms with Crippen LogP contribution in [0.1, 0.15) is 25.8 Å². The van der Waals surface area contributed by atoms with E-state index in [2.05, 4.69) is 29.0 Å². The third kappa shape index (κ3) is 3.13. The fourth-order valence-corrected chi connectivity index (χ4v) is 3.19. The Bertz CT molecular complexity index is 432. The molecule has 0 aromatic heterocycles. The van der Waals surface area contributed by atoms with Crippen molar-refractivity contribution in [2.75, 3.05) is 38.1 Å². The number of nitrogens with one attached hydrogen (secondary N) is 1. The van der Waals surface area contributed by atoms with Crippen LogP contribution in [0.25, 0.3) is 0 Å². The molecule has 1 aliphatic heterocycles. The van der Waals surface area contributed by atoms with Crippen LogP contribution < -0.4 is 10.2 Å². The lowest BCUT2D eigenvalue weighted by atomic mass is 10.1. The molecule has 0 aliphatic carbocycles. The molecule has 0 saturated carbocycles. The monoisotopic (exact) mass is 279 g/mol. The van der Waals surface area contributed by atoms with Crippen LogP contribution in [-0.2, 0) is 6.54 Å². The Morgan fingerprint density at radius 3 is 2.75 bits per heavy atom. The van der Waals surface area contributed by atoms with Crippen molar-refractivity contribution in [3.8, 4) is 0 Å². The van der Waals surface area contributed by atoms with Gasteiger partial charge in [-0.1, -0.05) is 19.9 Å². The summed E-state index contributed by atoms with van der Waals surface area (Å²) < 4.78 is 14.0. The quantitative estimate of drug-likeness (QED) is 0.863. The van der Waals surface area contributed by atoms with E-state index in [1.165, 1.54) is 0 Å². The highest BCUT2D eigenvalue weighted by atomic mass is 19.1. The molecule has 1 saturated heterocycles. The lowest BCUT2D eigenvalue weighted by molar-refractivity contribution is 0.232. The number of anilines is 1. The van der Waals surface area contributed by atoms with Gasteiger partial charge in [-0.15, -0.1) is 0 Å². The lowest BCUT2D eigenvalue weighted by Gasteiger charge is -2.27. The maximum atomic E-state index is 14.0. The highest BCUT2D eigenvalue weighted by Crippen LogP contribution is 2.28. The van der Waals surface area contributed by atoms with E-state index in [4.69, 9.17) is 0 Å². The molecular formula is C16H26FN3. The zero-order valence-electron chi connectivity index (χ0n) is 12.8. The van der Waals surface area contributed by atoms with E-state index in [-0.39, 0.29) is 5.82 Å². The first kappa shape index (κ1) is 15.3. The lowest BCUT2D eigenvalue weighted by Crippen LogP contribution is -2.37. The van der Waals surface area contributed by atoms with Gasteiger partial charge in [-0.3, -0.25) is 4.90 Å². The minimum Gasteiger partial charge on any atom is -0.370 e. The van der Waals surface area contributed by atoms with Gasteiger partial charge >= 0.3 is 0 Å². The summed E-state index contributed by atoms with van der Waals surface area (Å²) in [6.45, 7) is 9.18. The number of likely N-dealkylation sites (N-methyl/N-ethyl adjacent to an activating group) is 1. The second-order valence-electron chi connectivity index (χ2n) is 5.38. The fourth-order valence-electron chi connectivity index (χ4n) is 3.19. The first-order valence-corrected chi connectivity index (χ1v) is 7.62. The van der Waals surface area contributed by atoms with Crippen molar-refractivity contribution in [1.82, 2.24) is 10.2 Å². The molecule has 0 amide bonds. The summed E-state index contributed by atoms with van der Waals surface area (Å²) in [6, 6.07) is 6.00. The minimum absolute atomic E-state index is 0.108. The number of nitrogens with zero attached hydrogens (tertiary/aromatic N) is 2. The SMILES string of the molecule is CCN(CC)C1CCN(c2cccc(F)c2CNC)C1. The third-order valence-corrected chi connectivity index (χ3v) is 4.28. The van der Waals surface area contributed by atoms with E-state index in [0.717, 1.165) is 43.9 Å². The van der Waals surface area contributed by atoms with E-state index in [0.29, 0.717) is 12.6 Å². The Balaban J connectivity index is 2.15. The van der Waals surface area contributed by atoms with E-state index in [9.17, 15) is 4.39 Å². The van der Waals surface area contributed by atoms with Crippen LogP contribution in [0.4, 0.5) is 10.1 Å². The summed E-state index contributed by atoms with van der Waals surface area (Å²) in [5.74, 6) is -0.108. The number of rotatable bonds is 6. The van der Waals surface area contributed by atoms with Crippen molar-refractivity contribution < 1.29 is 4.39 Å². The maximum Gasteiger partial charge on any atom is 0.129 e. The van der Waals surface area contributed by atoms with Gasteiger partial charge in [0.1, 0.15) is 5.82 Å². The van der Waals surface area contributed by atoms with Crippen molar-refractivity contribution in [3.05, 3.63) is 29.6 Å². The van der Waals surface area contributed by atoms with Gasteiger partial charge in [0.25, 0.3) is 0 Å². The Morgan fingerprint density at radius 2 is 2.10 bits per heavy atom. The smallest absolute Gasteiger partial charge is 0.129 e. The summed E-state index contributed by atoms with van der Waals surface area (Å²) in [4.78, 5) is 4.83. The molecule has 2 rings (SSSR count). The molecule has 0 spiro atoms. The third-order valence-electron chi connectivity index (χ3n) is 4.28. The van der Waals surface area contributed by atoms with Crippen molar-refractivity contribution in [3.63, 3.8) is 0 Å². The summed E-state index contributed by atoms with van der Waals surface area (Å²) in [6.07, 6.45) is 1.16. The predicted octanol–water partition coefficient (Wildman–Crippen LogP) is 2.47. The zero-order chi connectivity index (χ0) is 14.5. The summed E-state index contributed by atoms with van der Waals surface area (Å²) >= 11 is 0. The molecule has 4 heteroatoms. The van der Waals surface area contributed by atoms with Crippen molar-refractivity contribution >= 4 is 5.69 Å². The molecule has 1 atom stereocenters. The first-order valence-electron chi connectivity index (χ1n) is 7.62. The first-order chi connectivity index (χ1) is 9.71. The van der Waals surface area contributed by atoms with Crippen molar-refractivity contribution in [2.24, 2.45) is 0 Å². The van der Waals surface area contributed by atoms with Crippen molar-refractivity contribution in [1.29, 1.82) is 0 Å². The summed E-state index contributed by atoms with van der Waals surface area (Å²) in [5.41, 5.74) is 1.84. The van der Waals surface area contributed by atoms with Gasteiger partial charge in [-0.2, -0.15) is 0 Å². The van der Waals surface area contributed by atoms with E-state index in [1.807, 2.05) is 19.2 Å². The van der Waals surface area contributed by atoms with Gasteiger partial charge in [-0.25, -0.2) is 4.39 Å². The van der Waals surface area contributed by atoms with Crippen LogP contribution in [0.5, 0.6) is 0 Å². The van der Waals surface area contributed by atoms with E-state index < -0.39 is 0 Å². The number of hydrogen-bond acceptors (Lipinski definition) is 3. The van der Waals surface area contributed by atoms with Crippen LogP contribution in [0.15, 0.2) is 18.2 Å². The topological polar surface area (TPSA) is 18.5 Å². The van der Waals surface area contributed by atoms with Gasteiger partial charge < -0.3 is 10.2 Å². The second-order valence-corrected chi connectivity index (χ2v) is 5.38. The van der Waals surface area contributed by atoms with Crippen LogP contribution in [-0.4, -0.2) is 44.2 Å². The second kappa shape index (κ2) is 7.04. The predicted molar refractivity (Wildman–Crippen MR) is 82.7 cm³/mol. The molecule has 0 radical (unpaired) electrons. The molecule has 0 bridgehead atoms. The highest BCUT2D eigenvalue weighted by molar-refractivity contribution is 5.55. The molecule has 1 heterocycles. The molecule has 1 unspecified atom stereocenters. The number of halogens is 1.